The lowest BCUT2D eigenvalue weighted by molar-refractivity contribution is 0.310. The maximum atomic E-state index is 2.52. The lowest BCUT2D eigenvalue weighted by Crippen LogP contribution is -2.27. The number of allylic oxidation sites excluding steroid dienone is 4. The molecule has 1 aliphatic rings. The normalized spacial score (nSPS) is 16.0. The summed E-state index contributed by atoms with van der Waals surface area (Å²) in [6, 6.07) is 8.84. The van der Waals surface area contributed by atoms with Gasteiger partial charge in [-0.1, -0.05) is 42.0 Å². The van der Waals surface area contributed by atoms with Gasteiger partial charge in [0.05, 0.1) is 0 Å². The Labute approximate surface area is 139 Å². The van der Waals surface area contributed by atoms with Crippen LogP contribution in [0.1, 0.15) is 25.1 Å². The van der Waals surface area contributed by atoms with Crippen molar-refractivity contribution in [1.82, 2.24) is 9.47 Å². The smallest absolute Gasteiger partial charge is 0.0488 e. The number of rotatable bonds is 3. The second kappa shape index (κ2) is 7.17. The second-order valence-electron chi connectivity index (χ2n) is 6.06. The van der Waals surface area contributed by atoms with Crippen LogP contribution in [0.3, 0.4) is 0 Å². The Morgan fingerprint density at radius 1 is 1.27 bits per heavy atom. The van der Waals surface area contributed by atoms with E-state index in [2.05, 4.69) is 72.9 Å². The minimum Gasteiger partial charge on any atom is -0.340 e. The van der Waals surface area contributed by atoms with Crippen molar-refractivity contribution in [3.63, 3.8) is 0 Å². The van der Waals surface area contributed by atoms with Crippen LogP contribution in [0.25, 0.3) is 10.9 Å². The Morgan fingerprint density at radius 3 is 2.82 bits per heavy atom. The van der Waals surface area contributed by atoms with Crippen LogP contribution in [0.15, 0.2) is 48.1 Å². The maximum Gasteiger partial charge on any atom is 0.0488 e. The number of benzene rings is 1. The summed E-state index contributed by atoms with van der Waals surface area (Å²) in [6.07, 6.45) is 7.58. The first-order valence-electron chi connectivity index (χ1n) is 7.76. The van der Waals surface area contributed by atoms with Crippen molar-refractivity contribution in [2.75, 3.05) is 13.6 Å². The molecular formula is C19H25ClN2. The molecule has 22 heavy (non-hydrogen) atoms. The summed E-state index contributed by atoms with van der Waals surface area (Å²) < 4.78 is 2.52. The molecule has 2 nitrogen and oxygen atoms in total. The summed E-state index contributed by atoms with van der Waals surface area (Å²) in [5, 5.41) is 1.43. The molecule has 0 N–H and O–H groups in total. The van der Waals surface area contributed by atoms with E-state index in [-0.39, 0.29) is 12.4 Å². The first-order valence-corrected chi connectivity index (χ1v) is 7.76. The molecule has 0 radical (unpaired) electrons. The summed E-state index contributed by atoms with van der Waals surface area (Å²) in [5.74, 6) is 0. The highest BCUT2D eigenvalue weighted by atomic mass is 35.5. The lowest BCUT2D eigenvalue weighted by Gasteiger charge is -2.24. The van der Waals surface area contributed by atoms with Gasteiger partial charge in [-0.3, -0.25) is 0 Å². The van der Waals surface area contributed by atoms with Gasteiger partial charge >= 0.3 is 0 Å². The van der Waals surface area contributed by atoms with Gasteiger partial charge in [0.1, 0.15) is 0 Å². The molecule has 0 unspecified atom stereocenters. The average molecular weight is 317 g/mol. The lowest BCUT2D eigenvalue weighted by atomic mass is 10.1. The number of aromatic nitrogens is 1. The molecule has 0 bridgehead atoms. The molecule has 3 heteroatoms. The van der Waals surface area contributed by atoms with E-state index in [0.717, 1.165) is 26.1 Å². The van der Waals surface area contributed by atoms with E-state index in [1.165, 1.54) is 27.7 Å². The fourth-order valence-corrected chi connectivity index (χ4v) is 3.28. The molecule has 118 valence electrons. The molecule has 0 saturated carbocycles. The van der Waals surface area contributed by atoms with Gasteiger partial charge in [0.15, 0.2) is 0 Å². The highest BCUT2D eigenvalue weighted by Gasteiger charge is 2.21. The molecule has 1 aliphatic heterocycles. The van der Waals surface area contributed by atoms with Crippen LogP contribution in [0, 0.1) is 0 Å². The molecule has 0 saturated heterocycles. The third-order valence-corrected chi connectivity index (χ3v) is 4.33. The third kappa shape index (κ3) is 3.13. The summed E-state index contributed by atoms with van der Waals surface area (Å²) in [5.41, 5.74) is 5.84. The number of hydrogen-bond donors (Lipinski definition) is 0. The number of likely N-dealkylation sites (N-methyl/N-ethyl adjacent to an activating group) is 1. The molecule has 1 aromatic carbocycles. The summed E-state index contributed by atoms with van der Waals surface area (Å²) in [4.78, 5) is 2.42. The Morgan fingerprint density at radius 2 is 2.05 bits per heavy atom. The van der Waals surface area contributed by atoms with Gasteiger partial charge in [0.2, 0.25) is 0 Å². The second-order valence-corrected chi connectivity index (χ2v) is 6.06. The minimum atomic E-state index is 0. The minimum absolute atomic E-state index is 0. The first-order chi connectivity index (χ1) is 10.2. The Kier molecular flexibility index (Phi) is 5.49. The van der Waals surface area contributed by atoms with Gasteiger partial charge in [-0.15, -0.1) is 12.4 Å². The van der Waals surface area contributed by atoms with E-state index < -0.39 is 0 Å². The third-order valence-electron chi connectivity index (χ3n) is 4.33. The van der Waals surface area contributed by atoms with E-state index in [4.69, 9.17) is 0 Å². The van der Waals surface area contributed by atoms with Crippen LogP contribution in [0.5, 0.6) is 0 Å². The highest BCUT2D eigenvalue weighted by molar-refractivity contribution is 5.86. The fraction of sp³-hybridized carbons (Fsp3) is 0.368. The average Bonchev–Trinajstić information content (AvgIpc) is 2.79. The molecule has 0 spiro atoms. The quantitative estimate of drug-likeness (QED) is 0.753. The van der Waals surface area contributed by atoms with Crippen LogP contribution >= 0.6 is 12.4 Å². The molecule has 2 aromatic rings. The molecular weight excluding hydrogens is 292 g/mol. The monoisotopic (exact) mass is 316 g/mol. The van der Waals surface area contributed by atoms with Crippen molar-refractivity contribution in [3.8, 4) is 0 Å². The predicted octanol–water partition coefficient (Wildman–Crippen LogP) is 4.57. The van der Waals surface area contributed by atoms with Crippen LogP contribution in [0.2, 0.25) is 0 Å². The highest BCUT2D eigenvalue weighted by Crippen LogP contribution is 2.31. The van der Waals surface area contributed by atoms with E-state index in [0.29, 0.717) is 0 Å². The van der Waals surface area contributed by atoms with Gasteiger partial charge in [-0.25, -0.2) is 0 Å². The Hall–Kier alpha value is -1.51. The summed E-state index contributed by atoms with van der Waals surface area (Å²) in [6.45, 7) is 7.49. The molecule has 3 rings (SSSR count). The van der Waals surface area contributed by atoms with E-state index in [9.17, 15) is 0 Å². The molecule has 0 fully saturated rings. The fourth-order valence-electron chi connectivity index (χ4n) is 3.28. The topological polar surface area (TPSA) is 8.17 Å². The SMILES string of the molecule is C/C=C\C=C(/C)Cn1c2c(c3ccccc31)CN(C)CC2.Cl. The van der Waals surface area contributed by atoms with E-state index >= 15 is 0 Å². The summed E-state index contributed by atoms with van der Waals surface area (Å²) >= 11 is 0. The van der Waals surface area contributed by atoms with Crippen molar-refractivity contribution in [1.29, 1.82) is 0 Å². The molecule has 0 aliphatic carbocycles. The predicted molar refractivity (Wildman–Crippen MR) is 97.8 cm³/mol. The zero-order chi connectivity index (χ0) is 14.8. The van der Waals surface area contributed by atoms with E-state index in [1.54, 1.807) is 0 Å². The van der Waals surface area contributed by atoms with Crippen LogP contribution < -0.4 is 0 Å². The standard InChI is InChI=1S/C19H24N2.ClH/c1-4-5-8-15(2)13-21-18-10-7-6-9-16(18)17-14-20(3)12-11-19(17)21;/h4-10H,11-14H2,1-3H3;1H/b5-4-,15-8+;. The van der Waals surface area contributed by atoms with Crippen molar-refractivity contribution in [2.45, 2.75) is 33.4 Å². The van der Waals surface area contributed by atoms with Gasteiger partial charge in [-0.2, -0.15) is 0 Å². The number of hydrogen-bond acceptors (Lipinski definition) is 1. The molecule has 0 atom stereocenters. The van der Waals surface area contributed by atoms with Crippen molar-refractivity contribution >= 4 is 23.3 Å². The van der Waals surface area contributed by atoms with Crippen molar-refractivity contribution < 1.29 is 0 Å². The van der Waals surface area contributed by atoms with Gasteiger partial charge in [0, 0.05) is 42.7 Å². The maximum absolute atomic E-state index is 2.52. The van der Waals surface area contributed by atoms with Gasteiger partial charge < -0.3 is 9.47 Å². The van der Waals surface area contributed by atoms with Gasteiger partial charge in [-0.05, 0) is 32.5 Å². The summed E-state index contributed by atoms with van der Waals surface area (Å²) in [7, 11) is 2.21. The first kappa shape index (κ1) is 16.9. The number of nitrogens with zero attached hydrogens (tertiary/aromatic N) is 2. The van der Waals surface area contributed by atoms with Crippen molar-refractivity contribution in [2.24, 2.45) is 0 Å². The number of para-hydroxylation sites is 1. The van der Waals surface area contributed by atoms with Crippen LogP contribution in [0.4, 0.5) is 0 Å². The molecule has 0 amide bonds. The number of halogens is 1. The molecule has 2 heterocycles. The van der Waals surface area contributed by atoms with Gasteiger partial charge in [0.25, 0.3) is 0 Å². The zero-order valence-electron chi connectivity index (χ0n) is 13.7. The number of fused-ring (bicyclic) bond motifs is 3. The van der Waals surface area contributed by atoms with Crippen molar-refractivity contribution in [3.05, 3.63) is 59.3 Å². The van der Waals surface area contributed by atoms with Crippen LogP contribution in [-0.2, 0) is 19.5 Å². The molecule has 1 aromatic heterocycles. The Balaban J connectivity index is 0.00000176. The van der Waals surface area contributed by atoms with E-state index in [1.807, 2.05) is 0 Å². The Bertz CT molecular complexity index is 710. The zero-order valence-corrected chi connectivity index (χ0v) is 14.5. The van der Waals surface area contributed by atoms with Crippen LogP contribution in [-0.4, -0.2) is 23.1 Å². The largest absolute Gasteiger partial charge is 0.340 e.